The summed E-state index contributed by atoms with van der Waals surface area (Å²) in [5.41, 5.74) is 3.00. The van der Waals surface area contributed by atoms with Gasteiger partial charge >= 0.3 is 6.03 Å². The quantitative estimate of drug-likeness (QED) is 0.747. The van der Waals surface area contributed by atoms with Crippen LogP contribution in [0.2, 0.25) is 0 Å². The van der Waals surface area contributed by atoms with Gasteiger partial charge in [-0.15, -0.1) is 0 Å². The predicted molar refractivity (Wildman–Crippen MR) is 108 cm³/mol. The van der Waals surface area contributed by atoms with Gasteiger partial charge in [-0.1, -0.05) is 17.7 Å². The lowest BCUT2D eigenvalue weighted by atomic mass is 10.2. The van der Waals surface area contributed by atoms with Crippen molar-refractivity contribution in [2.45, 2.75) is 33.4 Å². The third kappa shape index (κ3) is 4.17. The molecule has 2 aromatic rings. The number of nitrogens with one attached hydrogen (secondary N) is 1. The molecular weight excluding hydrogens is 354 g/mol. The first-order valence-corrected chi connectivity index (χ1v) is 9.65. The second kappa shape index (κ2) is 8.44. The number of nitrogens with zero attached hydrogens (tertiary/aromatic N) is 2. The number of hydrogen-bond acceptors (Lipinski definition) is 3. The second-order valence-corrected chi connectivity index (χ2v) is 7.30. The Morgan fingerprint density at radius 3 is 2.29 bits per heavy atom. The summed E-state index contributed by atoms with van der Waals surface area (Å²) >= 11 is 0. The van der Waals surface area contributed by atoms with Crippen LogP contribution in [0.1, 0.15) is 25.0 Å². The van der Waals surface area contributed by atoms with E-state index in [0.29, 0.717) is 19.8 Å². The number of aryl methyl sites for hydroxylation is 1. The maximum Gasteiger partial charge on any atom is 0.336 e. The highest BCUT2D eigenvalue weighted by Gasteiger charge is 2.44. The smallest absolute Gasteiger partial charge is 0.336 e. The minimum Gasteiger partial charge on any atom is -0.494 e. The number of carbonyl (C=O) groups is 2. The molecule has 0 aromatic heterocycles. The maximum atomic E-state index is 12.9. The molecule has 3 amide bonds. The Balaban J connectivity index is 1.66. The molecule has 1 aliphatic rings. The first-order chi connectivity index (χ1) is 13.4. The zero-order valence-electron chi connectivity index (χ0n) is 16.9. The van der Waals surface area contributed by atoms with Crippen LogP contribution in [-0.4, -0.2) is 43.2 Å². The van der Waals surface area contributed by atoms with E-state index in [1.54, 1.807) is 11.8 Å². The standard InChI is InChI=1S/C22H27N3O3/c1-5-28-20-12-8-18(9-13-20)14-23(4)15-24-21(26)17(3)25(22(24)27)19-10-6-16(2)7-11-19/h6-13,17H,5,14-15H2,1-4H3/p+1/t17-/m0/s1. The summed E-state index contributed by atoms with van der Waals surface area (Å²) in [5.74, 6) is 0.688. The number of carbonyl (C=O) groups excluding carboxylic acids is 2. The lowest BCUT2D eigenvalue weighted by Crippen LogP contribution is -3.09. The summed E-state index contributed by atoms with van der Waals surface area (Å²) in [7, 11) is 1.98. The molecule has 0 spiro atoms. The van der Waals surface area contributed by atoms with Crippen LogP contribution in [-0.2, 0) is 11.3 Å². The second-order valence-electron chi connectivity index (χ2n) is 7.30. The van der Waals surface area contributed by atoms with Gasteiger partial charge in [-0.3, -0.25) is 9.69 Å². The molecule has 0 aliphatic carbocycles. The van der Waals surface area contributed by atoms with Crippen LogP contribution in [0.15, 0.2) is 48.5 Å². The Morgan fingerprint density at radius 1 is 1.04 bits per heavy atom. The Bertz CT molecular complexity index is 833. The average molecular weight is 382 g/mol. The molecule has 2 aromatic carbocycles. The molecule has 2 atom stereocenters. The predicted octanol–water partition coefficient (Wildman–Crippen LogP) is 2.22. The lowest BCUT2D eigenvalue weighted by molar-refractivity contribution is -0.901. The summed E-state index contributed by atoms with van der Waals surface area (Å²) in [5, 5.41) is 0. The van der Waals surface area contributed by atoms with Gasteiger partial charge in [-0.25, -0.2) is 9.69 Å². The fraction of sp³-hybridized carbons (Fsp3) is 0.364. The third-order valence-electron chi connectivity index (χ3n) is 4.93. The topological polar surface area (TPSA) is 54.3 Å². The first-order valence-electron chi connectivity index (χ1n) is 9.65. The normalized spacial score (nSPS) is 17.9. The number of amides is 3. The minimum atomic E-state index is -0.492. The number of imide groups is 1. The van der Waals surface area contributed by atoms with E-state index in [2.05, 4.69) is 0 Å². The largest absolute Gasteiger partial charge is 0.494 e. The molecule has 3 rings (SSSR count). The number of anilines is 1. The van der Waals surface area contributed by atoms with Gasteiger partial charge in [0.05, 0.1) is 13.7 Å². The number of rotatable bonds is 7. The van der Waals surface area contributed by atoms with Crippen LogP contribution < -0.4 is 14.5 Å². The van der Waals surface area contributed by atoms with Gasteiger partial charge in [0.15, 0.2) is 6.67 Å². The Labute approximate surface area is 166 Å². The van der Waals surface area contributed by atoms with Gasteiger partial charge in [0.2, 0.25) is 0 Å². The molecule has 28 heavy (non-hydrogen) atoms. The molecule has 1 saturated heterocycles. The van der Waals surface area contributed by atoms with Crippen molar-refractivity contribution in [2.24, 2.45) is 0 Å². The van der Waals surface area contributed by atoms with Gasteiger partial charge in [0.1, 0.15) is 18.3 Å². The maximum absolute atomic E-state index is 12.9. The number of hydrogen-bond donors (Lipinski definition) is 1. The van der Waals surface area contributed by atoms with Crippen molar-refractivity contribution in [2.75, 3.05) is 25.2 Å². The van der Waals surface area contributed by atoms with Crippen LogP contribution in [0.4, 0.5) is 10.5 Å². The number of ether oxygens (including phenoxy) is 1. The first kappa shape index (κ1) is 19.9. The van der Waals surface area contributed by atoms with Crippen molar-refractivity contribution in [1.29, 1.82) is 0 Å². The van der Waals surface area contributed by atoms with Crippen LogP contribution in [0.25, 0.3) is 0 Å². The Kier molecular flexibility index (Phi) is 5.99. The molecule has 1 unspecified atom stereocenters. The van der Waals surface area contributed by atoms with Gasteiger partial charge in [-0.05, 0) is 57.2 Å². The zero-order valence-corrected chi connectivity index (χ0v) is 16.9. The summed E-state index contributed by atoms with van der Waals surface area (Å²) in [6.45, 7) is 7.41. The van der Waals surface area contributed by atoms with Gasteiger partial charge in [-0.2, -0.15) is 0 Å². The number of quaternary nitrogens is 1. The summed E-state index contributed by atoms with van der Waals surface area (Å²) in [4.78, 5) is 29.6. The van der Waals surface area contributed by atoms with E-state index < -0.39 is 6.04 Å². The van der Waals surface area contributed by atoms with Crippen molar-refractivity contribution in [3.05, 3.63) is 59.7 Å². The van der Waals surface area contributed by atoms with E-state index in [-0.39, 0.29) is 11.9 Å². The third-order valence-corrected chi connectivity index (χ3v) is 4.93. The molecule has 1 aliphatic heterocycles. The van der Waals surface area contributed by atoms with E-state index in [1.165, 1.54) is 4.90 Å². The highest BCUT2D eigenvalue weighted by molar-refractivity contribution is 6.13. The van der Waals surface area contributed by atoms with E-state index in [0.717, 1.165) is 27.5 Å². The molecular formula is C22H28N3O3+. The van der Waals surface area contributed by atoms with Crippen molar-refractivity contribution in [3.8, 4) is 5.75 Å². The molecule has 6 nitrogen and oxygen atoms in total. The molecule has 1 fully saturated rings. The van der Waals surface area contributed by atoms with Crippen LogP contribution in [0, 0.1) is 6.92 Å². The summed E-state index contributed by atoms with van der Waals surface area (Å²) in [6.07, 6.45) is 0. The molecule has 1 heterocycles. The van der Waals surface area contributed by atoms with Crippen molar-refractivity contribution < 1.29 is 19.2 Å². The average Bonchev–Trinajstić information content (AvgIpc) is 2.88. The number of urea groups is 1. The SMILES string of the molecule is CCOc1ccc(C[NH+](C)CN2C(=O)[C@H](C)N(c3ccc(C)cc3)C2=O)cc1. The molecule has 0 bridgehead atoms. The Morgan fingerprint density at radius 2 is 1.68 bits per heavy atom. The molecule has 6 heteroatoms. The lowest BCUT2D eigenvalue weighted by Gasteiger charge is -2.21. The minimum absolute atomic E-state index is 0.156. The van der Waals surface area contributed by atoms with E-state index in [4.69, 9.17) is 4.74 Å². The van der Waals surface area contributed by atoms with E-state index in [1.807, 2.05) is 69.4 Å². The molecule has 148 valence electrons. The van der Waals surface area contributed by atoms with Gasteiger partial charge in [0, 0.05) is 11.3 Å². The highest BCUT2D eigenvalue weighted by Crippen LogP contribution is 2.25. The van der Waals surface area contributed by atoms with Crippen molar-refractivity contribution >= 4 is 17.6 Å². The molecule has 0 radical (unpaired) electrons. The fourth-order valence-corrected chi connectivity index (χ4v) is 3.46. The zero-order chi connectivity index (χ0) is 20.3. The van der Waals surface area contributed by atoms with Crippen molar-refractivity contribution in [3.63, 3.8) is 0 Å². The highest BCUT2D eigenvalue weighted by atomic mass is 16.5. The molecule has 1 N–H and O–H groups in total. The summed E-state index contributed by atoms with van der Waals surface area (Å²) < 4.78 is 5.46. The van der Waals surface area contributed by atoms with Crippen LogP contribution >= 0.6 is 0 Å². The fourth-order valence-electron chi connectivity index (χ4n) is 3.46. The van der Waals surface area contributed by atoms with Crippen LogP contribution in [0.3, 0.4) is 0 Å². The van der Waals surface area contributed by atoms with Crippen molar-refractivity contribution in [1.82, 2.24) is 4.90 Å². The van der Waals surface area contributed by atoms with Gasteiger partial charge < -0.3 is 9.64 Å². The van der Waals surface area contributed by atoms with Gasteiger partial charge in [0.25, 0.3) is 5.91 Å². The van der Waals surface area contributed by atoms with E-state index in [9.17, 15) is 9.59 Å². The summed E-state index contributed by atoms with van der Waals surface area (Å²) in [6, 6.07) is 14.8. The Hall–Kier alpha value is -2.86. The van der Waals surface area contributed by atoms with Crippen LogP contribution in [0.5, 0.6) is 5.75 Å². The number of benzene rings is 2. The monoisotopic (exact) mass is 382 g/mol. The van der Waals surface area contributed by atoms with E-state index >= 15 is 0 Å². The molecule has 0 saturated carbocycles.